The van der Waals surface area contributed by atoms with Gasteiger partial charge in [-0.15, -0.1) is 0 Å². The smallest absolute Gasteiger partial charge is 0.308 e. The van der Waals surface area contributed by atoms with E-state index in [1.807, 2.05) is 32.9 Å². The van der Waals surface area contributed by atoms with Crippen LogP contribution in [0.25, 0.3) is 10.8 Å². The third-order valence-corrected chi connectivity index (χ3v) is 3.30. The Balaban J connectivity index is 2.96. The van der Waals surface area contributed by atoms with Gasteiger partial charge >= 0.3 is 5.97 Å². The number of methoxy groups -OCH3 is 1. The van der Waals surface area contributed by atoms with Crippen LogP contribution in [0.3, 0.4) is 0 Å². The number of rotatable bonds is 2. The van der Waals surface area contributed by atoms with Crippen molar-refractivity contribution in [1.82, 2.24) is 0 Å². The fourth-order valence-electron chi connectivity index (χ4n) is 2.50. The number of carbonyl (C=O) groups is 1. The molecule has 21 heavy (non-hydrogen) atoms. The predicted molar refractivity (Wildman–Crippen MR) is 82.2 cm³/mol. The van der Waals surface area contributed by atoms with Crippen LogP contribution in [-0.2, 0) is 10.2 Å². The Morgan fingerprint density at radius 3 is 2.14 bits per heavy atom. The standard InChI is InChI=1S/C17H20O4/c1-10(18)21-15-12-9-7-6-8-11(12)14(19)13(16(15)20-5)17(2,3)4/h6-9,19H,1-5H3. The SMILES string of the molecule is COc1c(C(C)(C)C)c(O)c2ccccc2c1OC(C)=O. The first-order valence-electron chi connectivity index (χ1n) is 6.78. The topological polar surface area (TPSA) is 55.8 Å². The van der Waals surface area contributed by atoms with Crippen molar-refractivity contribution >= 4 is 16.7 Å². The number of esters is 1. The lowest BCUT2D eigenvalue weighted by atomic mass is 9.83. The number of ether oxygens (including phenoxy) is 2. The van der Waals surface area contributed by atoms with Crippen molar-refractivity contribution in [2.24, 2.45) is 0 Å². The molecule has 0 spiro atoms. The number of hydrogen-bond acceptors (Lipinski definition) is 4. The molecule has 0 amide bonds. The van der Waals surface area contributed by atoms with Crippen LogP contribution in [0.4, 0.5) is 0 Å². The Morgan fingerprint density at radius 1 is 1.10 bits per heavy atom. The van der Waals surface area contributed by atoms with Gasteiger partial charge in [-0.2, -0.15) is 0 Å². The van der Waals surface area contributed by atoms with Crippen molar-refractivity contribution < 1.29 is 19.4 Å². The van der Waals surface area contributed by atoms with Gasteiger partial charge in [0.1, 0.15) is 5.75 Å². The number of carbonyl (C=O) groups excluding carboxylic acids is 1. The molecule has 0 saturated carbocycles. The van der Waals surface area contributed by atoms with Crippen LogP contribution in [0, 0.1) is 0 Å². The Kier molecular flexibility index (Phi) is 3.81. The van der Waals surface area contributed by atoms with Gasteiger partial charge in [-0.3, -0.25) is 4.79 Å². The predicted octanol–water partition coefficient (Wildman–Crippen LogP) is 3.78. The summed E-state index contributed by atoms with van der Waals surface area (Å²) in [5, 5.41) is 11.9. The van der Waals surface area contributed by atoms with E-state index >= 15 is 0 Å². The van der Waals surface area contributed by atoms with Crippen LogP contribution in [0.5, 0.6) is 17.2 Å². The fraction of sp³-hybridized carbons (Fsp3) is 0.353. The summed E-state index contributed by atoms with van der Waals surface area (Å²) < 4.78 is 10.8. The van der Waals surface area contributed by atoms with Gasteiger partial charge < -0.3 is 14.6 Å². The average molecular weight is 288 g/mol. The van der Waals surface area contributed by atoms with Gasteiger partial charge in [0.2, 0.25) is 0 Å². The zero-order valence-electron chi connectivity index (χ0n) is 13.0. The second-order valence-electron chi connectivity index (χ2n) is 5.98. The van der Waals surface area contributed by atoms with Crippen molar-refractivity contribution in [3.05, 3.63) is 29.8 Å². The van der Waals surface area contributed by atoms with Gasteiger partial charge in [-0.1, -0.05) is 45.0 Å². The summed E-state index contributed by atoms with van der Waals surface area (Å²) in [4.78, 5) is 11.4. The summed E-state index contributed by atoms with van der Waals surface area (Å²) in [5.74, 6) is 0.479. The van der Waals surface area contributed by atoms with E-state index in [0.717, 1.165) is 0 Å². The first-order chi connectivity index (χ1) is 9.77. The van der Waals surface area contributed by atoms with E-state index in [1.165, 1.54) is 14.0 Å². The molecule has 112 valence electrons. The molecule has 1 N–H and O–H groups in total. The van der Waals surface area contributed by atoms with E-state index in [2.05, 4.69) is 0 Å². The highest BCUT2D eigenvalue weighted by Crippen LogP contribution is 2.49. The molecular formula is C17H20O4. The molecule has 2 aromatic carbocycles. The molecule has 0 bridgehead atoms. The molecule has 0 aliphatic rings. The van der Waals surface area contributed by atoms with Crippen molar-refractivity contribution in [1.29, 1.82) is 0 Å². The normalized spacial score (nSPS) is 11.5. The van der Waals surface area contributed by atoms with Gasteiger partial charge in [-0.25, -0.2) is 0 Å². The van der Waals surface area contributed by atoms with Gasteiger partial charge in [0.25, 0.3) is 0 Å². The number of phenolic OH excluding ortho intramolecular Hbond substituents is 1. The summed E-state index contributed by atoms with van der Waals surface area (Å²) in [6, 6.07) is 7.25. The van der Waals surface area contributed by atoms with Crippen LogP contribution in [0.2, 0.25) is 0 Å². The molecule has 0 heterocycles. The highest BCUT2D eigenvalue weighted by molar-refractivity contribution is 5.98. The Bertz CT molecular complexity index is 696. The Labute approximate surface area is 124 Å². The van der Waals surface area contributed by atoms with Crippen LogP contribution in [0.1, 0.15) is 33.3 Å². The zero-order chi connectivity index (χ0) is 15.8. The quantitative estimate of drug-likeness (QED) is 0.675. The van der Waals surface area contributed by atoms with Gasteiger partial charge in [0.05, 0.1) is 7.11 Å². The fourth-order valence-corrected chi connectivity index (χ4v) is 2.50. The molecule has 0 aromatic heterocycles. The third-order valence-electron chi connectivity index (χ3n) is 3.30. The molecule has 0 fully saturated rings. The first kappa shape index (κ1) is 15.2. The van der Waals surface area contributed by atoms with Crippen molar-refractivity contribution in [3.8, 4) is 17.2 Å². The Morgan fingerprint density at radius 2 is 1.67 bits per heavy atom. The summed E-state index contributed by atoms with van der Waals surface area (Å²) >= 11 is 0. The van der Waals surface area contributed by atoms with Crippen molar-refractivity contribution in [3.63, 3.8) is 0 Å². The largest absolute Gasteiger partial charge is 0.507 e. The van der Waals surface area contributed by atoms with Crippen LogP contribution >= 0.6 is 0 Å². The second-order valence-corrected chi connectivity index (χ2v) is 5.98. The molecule has 0 radical (unpaired) electrons. The number of hydrogen-bond donors (Lipinski definition) is 1. The van der Waals surface area contributed by atoms with Gasteiger partial charge in [0.15, 0.2) is 11.5 Å². The maximum atomic E-state index is 11.4. The lowest BCUT2D eigenvalue weighted by Crippen LogP contribution is -2.15. The van der Waals surface area contributed by atoms with E-state index in [1.54, 1.807) is 12.1 Å². The summed E-state index contributed by atoms with van der Waals surface area (Å²) in [6.07, 6.45) is 0. The minimum Gasteiger partial charge on any atom is -0.507 e. The first-order valence-corrected chi connectivity index (χ1v) is 6.78. The van der Waals surface area contributed by atoms with Gasteiger partial charge in [-0.05, 0) is 5.41 Å². The van der Waals surface area contributed by atoms with Crippen molar-refractivity contribution in [2.75, 3.05) is 7.11 Å². The maximum absolute atomic E-state index is 11.4. The Hall–Kier alpha value is -2.23. The zero-order valence-corrected chi connectivity index (χ0v) is 13.0. The van der Waals surface area contributed by atoms with E-state index in [4.69, 9.17) is 9.47 Å². The average Bonchev–Trinajstić information content (AvgIpc) is 2.39. The lowest BCUT2D eigenvalue weighted by molar-refractivity contribution is -0.131. The molecule has 0 atom stereocenters. The van der Waals surface area contributed by atoms with E-state index in [0.29, 0.717) is 27.8 Å². The molecule has 2 rings (SSSR count). The maximum Gasteiger partial charge on any atom is 0.308 e. The monoisotopic (exact) mass is 288 g/mol. The molecule has 2 aromatic rings. The van der Waals surface area contributed by atoms with E-state index in [-0.39, 0.29) is 11.2 Å². The van der Waals surface area contributed by atoms with Crippen LogP contribution in [0.15, 0.2) is 24.3 Å². The minimum atomic E-state index is -0.427. The molecule has 4 nitrogen and oxygen atoms in total. The molecular weight excluding hydrogens is 268 g/mol. The highest BCUT2D eigenvalue weighted by Gasteiger charge is 2.29. The van der Waals surface area contributed by atoms with Crippen LogP contribution < -0.4 is 9.47 Å². The molecule has 0 aliphatic heterocycles. The summed E-state index contributed by atoms with van der Waals surface area (Å²) in [5.41, 5.74) is 0.258. The third kappa shape index (κ3) is 2.66. The molecule has 0 saturated heterocycles. The number of aromatic hydroxyl groups is 1. The summed E-state index contributed by atoms with van der Waals surface area (Å²) in [6.45, 7) is 7.25. The molecule has 0 aliphatic carbocycles. The number of fused-ring (bicyclic) bond motifs is 1. The lowest BCUT2D eigenvalue weighted by Gasteiger charge is -2.26. The minimum absolute atomic E-state index is 0.158. The van der Waals surface area contributed by atoms with E-state index < -0.39 is 5.97 Å². The number of phenols is 1. The van der Waals surface area contributed by atoms with Crippen LogP contribution in [-0.4, -0.2) is 18.2 Å². The van der Waals surface area contributed by atoms with E-state index in [9.17, 15) is 9.90 Å². The van der Waals surface area contributed by atoms with Gasteiger partial charge in [0, 0.05) is 23.3 Å². The summed E-state index contributed by atoms with van der Waals surface area (Å²) in [7, 11) is 1.51. The second kappa shape index (κ2) is 5.28. The number of benzene rings is 2. The molecule has 4 heteroatoms. The molecule has 0 unspecified atom stereocenters. The highest BCUT2D eigenvalue weighted by atomic mass is 16.6. The van der Waals surface area contributed by atoms with Crippen molar-refractivity contribution in [2.45, 2.75) is 33.1 Å².